The van der Waals surface area contributed by atoms with Crippen LogP contribution in [0.5, 0.6) is 0 Å². The summed E-state index contributed by atoms with van der Waals surface area (Å²) >= 11 is 0. The quantitative estimate of drug-likeness (QED) is 0.168. The molecule has 2 heterocycles. The van der Waals surface area contributed by atoms with Gasteiger partial charge in [0, 0.05) is 12.8 Å². The summed E-state index contributed by atoms with van der Waals surface area (Å²) < 4.78 is 15.6. The number of carboxylic acid groups (broad SMARTS) is 1. The maximum atomic E-state index is 12.0. The van der Waals surface area contributed by atoms with Gasteiger partial charge in [-0.3, -0.25) is 0 Å². The molecule has 0 aromatic rings. The van der Waals surface area contributed by atoms with Gasteiger partial charge < -0.3 is 65.3 Å². The third-order valence-electron chi connectivity index (χ3n) is 5.18. The van der Waals surface area contributed by atoms with Crippen molar-refractivity contribution in [1.29, 1.82) is 0 Å². The molecule has 14 nitrogen and oxygen atoms in total. The molecule has 2 fully saturated rings. The molecule has 14 heteroatoms. The van der Waals surface area contributed by atoms with Gasteiger partial charge in [0.15, 0.2) is 5.79 Å². The van der Waals surface area contributed by atoms with Gasteiger partial charge in [-0.15, -0.1) is 0 Å². The summed E-state index contributed by atoms with van der Waals surface area (Å²) in [5.74, 6) is -6.97. The summed E-state index contributed by atoms with van der Waals surface area (Å²) in [6.07, 6.45) is -15.7. The fraction of sp³-hybridized carbons (Fsp3) is 0.938. The minimum atomic E-state index is -2.76. The van der Waals surface area contributed by atoms with Crippen LogP contribution in [0, 0.1) is 0 Å². The van der Waals surface area contributed by atoms with Crippen LogP contribution in [-0.4, -0.2) is 137 Å². The Balaban J connectivity index is 2.37. The Labute approximate surface area is 170 Å². The van der Waals surface area contributed by atoms with Crippen molar-refractivity contribution in [2.24, 2.45) is 0 Å². The molecular weight excluding hydrogens is 416 g/mol. The highest BCUT2D eigenvalue weighted by molar-refractivity contribution is 5.76. The highest BCUT2D eigenvalue weighted by Crippen LogP contribution is 2.38. The van der Waals surface area contributed by atoms with Crippen molar-refractivity contribution in [2.75, 3.05) is 19.8 Å². The fourth-order valence-corrected chi connectivity index (χ4v) is 3.51. The molecule has 10 atom stereocenters. The molecule has 2 rings (SSSR count). The zero-order chi connectivity index (χ0) is 22.9. The average Bonchev–Trinajstić information content (AvgIpc) is 2.71. The summed E-state index contributed by atoms with van der Waals surface area (Å²) in [6.45, 7) is -2.90. The smallest absolute Gasteiger partial charge is 0.364 e. The summed E-state index contributed by atoms with van der Waals surface area (Å²) in [5, 5.41) is 97.8. The molecule has 0 unspecified atom stereocenters. The zero-order valence-corrected chi connectivity index (χ0v) is 15.8. The molecule has 0 bridgehead atoms. The van der Waals surface area contributed by atoms with Crippen LogP contribution in [0.2, 0.25) is 0 Å². The molecule has 0 aromatic heterocycles. The second-order valence-corrected chi connectivity index (χ2v) is 7.44. The predicted octanol–water partition coefficient (Wildman–Crippen LogP) is -5.80. The molecule has 10 N–H and O–H groups in total. The summed E-state index contributed by atoms with van der Waals surface area (Å²) in [4.78, 5) is 12.0. The van der Waals surface area contributed by atoms with Crippen LogP contribution in [0.3, 0.4) is 0 Å². The van der Waals surface area contributed by atoms with Crippen molar-refractivity contribution < 1.29 is 70.1 Å². The first kappa shape index (κ1) is 25.3. The van der Waals surface area contributed by atoms with Gasteiger partial charge in [-0.05, 0) is 0 Å². The van der Waals surface area contributed by atoms with E-state index in [1.54, 1.807) is 0 Å². The molecule has 0 spiro atoms. The Hall–Kier alpha value is -1.01. The fourth-order valence-electron chi connectivity index (χ4n) is 3.51. The van der Waals surface area contributed by atoms with Crippen molar-refractivity contribution >= 4 is 5.97 Å². The number of aliphatic hydroxyl groups excluding tert-OH is 8. The van der Waals surface area contributed by atoms with Crippen molar-refractivity contribution in [3.63, 3.8) is 0 Å². The van der Waals surface area contributed by atoms with E-state index in [9.17, 15) is 45.6 Å². The number of aliphatic hydroxyl groups is 9. The van der Waals surface area contributed by atoms with E-state index >= 15 is 0 Å². The van der Waals surface area contributed by atoms with Gasteiger partial charge in [-0.2, -0.15) is 0 Å². The molecule has 0 radical (unpaired) electrons. The van der Waals surface area contributed by atoms with Crippen molar-refractivity contribution in [3.05, 3.63) is 0 Å². The molecule has 2 aliphatic rings. The van der Waals surface area contributed by atoms with Crippen LogP contribution < -0.4 is 0 Å². The minimum Gasteiger partial charge on any atom is -0.477 e. The standard InChI is InChI=1S/C16H28O14/c17-3-7(21)12-10(23)6(20)1-16(30-12,14(25)26)28-9-2-15(27,5-19)29-13(11(9)24)8(22)4-18/h6-13,17-24,27H,1-5H2,(H,25,26)/t6-,7-,8-,9-,10-,11-,12-,13-,15-,16-/m1/s1. The van der Waals surface area contributed by atoms with Crippen molar-refractivity contribution in [3.8, 4) is 0 Å². The lowest BCUT2D eigenvalue weighted by Crippen LogP contribution is -2.67. The van der Waals surface area contributed by atoms with Crippen molar-refractivity contribution in [1.82, 2.24) is 0 Å². The SMILES string of the molecule is O=C(O)[C@@]1(O[C@@H]2C[C@](O)(CO)O[C@H]([C@H](O)CO)[C@@H]2O)C[C@@H](O)[C@@H](O)[C@@H]([C@H](O)CO)O1. The normalized spacial score (nSPS) is 44.4. The van der Waals surface area contributed by atoms with Gasteiger partial charge in [0.2, 0.25) is 0 Å². The van der Waals surface area contributed by atoms with E-state index in [1.165, 1.54) is 0 Å². The second-order valence-electron chi connectivity index (χ2n) is 7.44. The molecule has 2 aliphatic heterocycles. The van der Waals surface area contributed by atoms with E-state index in [1.807, 2.05) is 0 Å². The van der Waals surface area contributed by atoms with E-state index < -0.39 is 99.0 Å². The Morgan fingerprint density at radius 2 is 1.50 bits per heavy atom. The first-order chi connectivity index (χ1) is 13.9. The predicted molar refractivity (Wildman–Crippen MR) is 90.5 cm³/mol. The maximum Gasteiger partial charge on any atom is 0.364 e. The second kappa shape index (κ2) is 9.64. The molecular formula is C16H28O14. The number of hydrogen-bond acceptors (Lipinski definition) is 13. The third-order valence-corrected chi connectivity index (χ3v) is 5.18. The van der Waals surface area contributed by atoms with Crippen LogP contribution in [0.1, 0.15) is 12.8 Å². The Kier molecular flexibility index (Phi) is 8.11. The van der Waals surface area contributed by atoms with Crippen LogP contribution in [0.4, 0.5) is 0 Å². The van der Waals surface area contributed by atoms with Gasteiger partial charge >= 0.3 is 5.97 Å². The van der Waals surface area contributed by atoms with E-state index in [4.69, 9.17) is 24.4 Å². The lowest BCUT2D eigenvalue weighted by atomic mass is 9.90. The first-order valence-corrected chi connectivity index (χ1v) is 9.15. The lowest BCUT2D eigenvalue weighted by molar-refractivity contribution is -0.377. The Bertz CT molecular complexity index is 590. The lowest BCUT2D eigenvalue weighted by Gasteiger charge is -2.49. The number of aliphatic carboxylic acids is 1. The molecule has 176 valence electrons. The van der Waals surface area contributed by atoms with Crippen LogP contribution >= 0.6 is 0 Å². The summed E-state index contributed by atoms with van der Waals surface area (Å²) in [5.41, 5.74) is 0. The van der Waals surface area contributed by atoms with E-state index in [0.29, 0.717) is 0 Å². The molecule has 0 aliphatic carbocycles. The topological polar surface area (TPSA) is 247 Å². The van der Waals surface area contributed by atoms with Crippen molar-refractivity contribution in [2.45, 2.75) is 73.2 Å². The molecule has 2 saturated heterocycles. The van der Waals surface area contributed by atoms with Gasteiger partial charge in [0.25, 0.3) is 5.79 Å². The molecule has 0 aromatic carbocycles. The van der Waals surface area contributed by atoms with E-state index in [2.05, 4.69) is 0 Å². The van der Waals surface area contributed by atoms with Crippen LogP contribution in [0.25, 0.3) is 0 Å². The number of hydrogen-bond donors (Lipinski definition) is 10. The highest BCUT2D eigenvalue weighted by Gasteiger charge is 2.58. The minimum absolute atomic E-state index is 0.705. The monoisotopic (exact) mass is 444 g/mol. The molecule has 30 heavy (non-hydrogen) atoms. The molecule has 0 amide bonds. The average molecular weight is 444 g/mol. The van der Waals surface area contributed by atoms with Crippen LogP contribution in [-0.2, 0) is 19.0 Å². The Morgan fingerprint density at radius 3 is 1.97 bits per heavy atom. The summed E-state index contributed by atoms with van der Waals surface area (Å²) in [6, 6.07) is 0. The number of carbonyl (C=O) groups is 1. The highest BCUT2D eigenvalue weighted by atomic mass is 16.7. The largest absolute Gasteiger partial charge is 0.477 e. The van der Waals surface area contributed by atoms with Gasteiger partial charge in [0.05, 0.1) is 32.0 Å². The van der Waals surface area contributed by atoms with Crippen LogP contribution in [0.15, 0.2) is 0 Å². The van der Waals surface area contributed by atoms with Gasteiger partial charge in [0.1, 0.15) is 36.6 Å². The number of carboxylic acids is 1. The van der Waals surface area contributed by atoms with E-state index in [-0.39, 0.29) is 0 Å². The number of rotatable bonds is 8. The van der Waals surface area contributed by atoms with Gasteiger partial charge in [-0.25, -0.2) is 4.79 Å². The zero-order valence-electron chi connectivity index (χ0n) is 15.8. The number of ether oxygens (including phenoxy) is 3. The van der Waals surface area contributed by atoms with Gasteiger partial charge in [-0.1, -0.05) is 0 Å². The van der Waals surface area contributed by atoms with E-state index in [0.717, 1.165) is 0 Å². The maximum absolute atomic E-state index is 12.0. The third kappa shape index (κ3) is 4.90. The summed E-state index contributed by atoms with van der Waals surface area (Å²) in [7, 11) is 0. The Morgan fingerprint density at radius 1 is 0.967 bits per heavy atom. The molecule has 0 saturated carbocycles. The first-order valence-electron chi connectivity index (χ1n) is 9.15.